The second-order valence-corrected chi connectivity index (χ2v) is 4.72. The summed E-state index contributed by atoms with van der Waals surface area (Å²) in [5, 5.41) is 6.76. The lowest BCUT2D eigenvalue weighted by atomic mass is 9.92. The third-order valence-corrected chi connectivity index (χ3v) is 3.18. The summed E-state index contributed by atoms with van der Waals surface area (Å²) in [6, 6.07) is 0. The summed E-state index contributed by atoms with van der Waals surface area (Å²) < 4.78 is 5.27. The highest BCUT2D eigenvalue weighted by atomic mass is 16.5. The molecular formula is C11H17N3O3. The van der Waals surface area contributed by atoms with Crippen LogP contribution in [0.3, 0.4) is 0 Å². The SMILES string of the molecule is CC1(NC(=O)C2=NNC(=O)CC2)CCOCC1. The zero-order valence-corrected chi connectivity index (χ0v) is 9.91. The van der Waals surface area contributed by atoms with Gasteiger partial charge in [-0.15, -0.1) is 0 Å². The van der Waals surface area contributed by atoms with E-state index in [4.69, 9.17) is 4.74 Å². The first-order chi connectivity index (χ1) is 8.09. The monoisotopic (exact) mass is 239 g/mol. The summed E-state index contributed by atoms with van der Waals surface area (Å²) >= 11 is 0. The van der Waals surface area contributed by atoms with Crippen molar-refractivity contribution in [2.75, 3.05) is 13.2 Å². The summed E-state index contributed by atoms with van der Waals surface area (Å²) in [6.07, 6.45) is 2.34. The number of rotatable bonds is 2. The van der Waals surface area contributed by atoms with E-state index in [1.54, 1.807) is 0 Å². The number of ether oxygens (including phenoxy) is 1. The molecule has 2 N–H and O–H groups in total. The Hall–Kier alpha value is -1.43. The molecular weight excluding hydrogens is 222 g/mol. The van der Waals surface area contributed by atoms with Crippen LogP contribution >= 0.6 is 0 Å². The third-order valence-electron chi connectivity index (χ3n) is 3.18. The van der Waals surface area contributed by atoms with Gasteiger partial charge in [0.05, 0.1) is 0 Å². The van der Waals surface area contributed by atoms with Crippen LogP contribution in [0.15, 0.2) is 5.10 Å². The van der Waals surface area contributed by atoms with E-state index in [-0.39, 0.29) is 17.4 Å². The van der Waals surface area contributed by atoms with Gasteiger partial charge in [-0.3, -0.25) is 9.59 Å². The maximum atomic E-state index is 11.9. The minimum absolute atomic E-state index is 0.140. The van der Waals surface area contributed by atoms with Gasteiger partial charge >= 0.3 is 0 Å². The number of hydrazone groups is 1. The minimum Gasteiger partial charge on any atom is -0.381 e. The van der Waals surface area contributed by atoms with Crippen LogP contribution in [0, 0.1) is 0 Å². The normalized spacial score (nSPS) is 23.6. The molecule has 0 unspecified atom stereocenters. The van der Waals surface area contributed by atoms with Gasteiger partial charge in [-0.2, -0.15) is 5.10 Å². The van der Waals surface area contributed by atoms with Gasteiger partial charge in [0.25, 0.3) is 5.91 Å². The van der Waals surface area contributed by atoms with Gasteiger partial charge in [0.15, 0.2) is 0 Å². The molecule has 2 amide bonds. The molecule has 0 aliphatic carbocycles. The lowest BCUT2D eigenvalue weighted by Gasteiger charge is -2.34. The first kappa shape index (κ1) is 12.0. The number of nitrogens with one attached hydrogen (secondary N) is 2. The summed E-state index contributed by atoms with van der Waals surface area (Å²) in [4.78, 5) is 22.9. The van der Waals surface area contributed by atoms with Crippen molar-refractivity contribution in [2.45, 2.75) is 38.1 Å². The maximum Gasteiger partial charge on any atom is 0.267 e. The molecule has 0 aromatic rings. The zero-order valence-electron chi connectivity index (χ0n) is 9.91. The second kappa shape index (κ2) is 4.83. The molecule has 17 heavy (non-hydrogen) atoms. The lowest BCUT2D eigenvalue weighted by molar-refractivity contribution is -0.121. The fourth-order valence-corrected chi connectivity index (χ4v) is 1.93. The smallest absolute Gasteiger partial charge is 0.267 e. The van der Waals surface area contributed by atoms with Crippen molar-refractivity contribution in [2.24, 2.45) is 5.10 Å². The maximum absolute atomic E-state index is 11.9. The second-order valence-electron chi connectivity index (χ2n) is 4.72. The Kier molecular flexibility index (Phi) is 3.42. The molecule has 0 spiro atoms. The van der Waals surface area contributed by atoms with E-state index < -0.39 is 0 Å². The topological polar surface area (TPSA) is 79.8 Å². The van der Waals surface area contributed by atoms with Gasteiger partial charge in [-0.25, -0.2) is 5.43 Å². The molecule has 0 atom stereocenters. The Balaban J connectivity index is 1.94. The van der Waals surface area contributed by atoms with Crippen LogP contribution in [0.25, 0.3) is 0 Å². The Morgan fingerprint density at radius 2 is 2.12 bits per heavy atom. The van der Waals surface area contributed by atoms with Gasteiger partial charge in [0.1, 0.15) is 5.71 Å². The van der Waals surface area contributed by atoms with Crippen LogP contribution in [0.1, 0.15) is 32.6 Å². The number of carbonyl (C=O) groups excluding carboxylic acids is 2. The van der Waals surface area contributed by atoms with Crippen molar-refractivity contribution in [3.8, 4) is 0 Å². The minimum atomic E-state index is -0.223. The first-order valence-electron chi connectivity index (χ1n) is 5.85. The van der Waals surface area contributed by atoms with Crippen molar-refractivity contribution in [1.82, 2.24) is 10.7 Å². The molecule has 2 aliphatic rings. The Labute approximate surface area is 99.8 Å². The number of amides is 2. The van der Waals surface area contributed by atoms with E-state index in [0.29, 0.717) is 31.8 Å². The summed E-state index contributed by atoms with van der Waals surface area (Å²) in [7, 11) is 0. The molecule has 0 bridgehead atoms. The lowest BCUT2D eigenvalue weighted by Crippen LogP contribution is -2.52. The largest absolute Gasteiger partial charge is 0.381 e. The van der Waals surface area contributed by atoms with Crippen molar-refractivity contribution >= 4 is 17.5 Å². The fraction of sp³-hybridized carbons (Fsp3) is 0.727. The number of hydrogen-bond donors (Lipinski definition) is 2. The number of carbonyl (C=O) groups is 2. The highest BCUT2D eigenvalue weighted by Gasteiger charge is 2.31. The Bertz CT molecular complexity index is 359. The van der Waals surface area contributed by atoms with Crippen molar-refractivity contribution in [1.29, 1.82) is 0 Å². The Morgan fingerprint density at radius 1 is 1.41 bits per heavy atom. The summed E-state index contributed by atoms with van der Waals surface area (Å²) in [5.41, 5.74) is 2.50. The van der Waals surface area contributed by atoms with Gasteiger partial charge < -0.3 is 10.1 Å². The number of hydrogen-bond acceptors (Lipinski definition) is 4. The number of nitrogens with zero attached hydrogens (tertiary/aromatic N) is 1. The van der Waals surface area contributed by atoms with Crippen LogP contribution in [-0.2, 0) is 14.3 Å². The molecule has 0 radical (unpaired) electrons. The highest BCUT2D eigenvalue weighted by molar-refractivity contribution is 6.39. The third kappa shape index (κ3) is 3.03. The average Bonchev–Trinajstić information content (AvgIpc) is 2.30. The zero-order chi connectivity index (χ0) is 12.3. The fourth-order valence-electron chi connectivity index (χ4n) is 1.93. The van der Waals surface area contributed by atoms with Gasteiger partial charge in [-0.05, 0) is 19.8 Å². The standard InChI is InChI=1S/C11H17N3O3/c1-11(4-6-17-7-5-11)12-10(16)8-2-3-9(15)14-13-8/h2-7H2,1H3,(H,12,16)(H,14,15). The first-order valence-corrected chi connectivity index (χ1v) is 5.85. The molecule has 1 fully saturated rings. The van der Waals surface area contributed by atoms with E-state index in [9.17, 15) is 9.59 Å². The van der Waals surface area contributed by atoms with Crippen molar-refractivity contribution in [3.05, 3.63) is 0 Å². The van der Waals surface area contributed by atoms with E-state index in [1.165, 1.54) is 0 Å². The highest BCUT2D eigenvalue weighted by Crippen LogP contribution is 2.19. The van der Waals surface area contributed by atoms with Crippen LogP contribution < -0.4 is 10.7 Å². The molecule has 6 heteroatoms. The van der Waals surface area contributed by atoms with Crippen LogP contribution in [-0.4, -0.2) is 36.3 Å². The Morgan fingerprint density at radius 3 is 2.71 bits per heavy atom. The quantitative estimate of drug-likeness (QED) is 0.708. The van der Waals surface area contributed by atoms with Crippen LogP contribution in [0.4, 0.5) is 0 Å². The van der Waals surface area contributed by atoms with Crippen molar-refractivity contribution < 1.29 is 14.3 Å². The average molecular weight is 239 g/mol. The predicted octanol–water partition coefficient (Wildman–Crippen LogP) is -0.0623. The van der Waals surface area contributed by atoms with Crippen molar-refractivity contribution in [3.63, 3.8) is 0 Å². The van der Waals surface area contributed by atoms with E-state index >= 15 is 0 Å². The van der Waals surface area contributed by atoms with Crippen LogP contribution in [0.5, 0.6) is 0 Å². The summed E-state index contributed by atoms with van der Waals surface area (Å²) in [6.45, 7) is 3.34. The molecule has 2 aliphatic heterocycles. The molecule has 6 nitrogen and oxygen atoms in total. The molecule has 2 heterocycles. The molecule has 1 saturated heterocycles. The van der Waals surface area contributed by atoms with E-state index in [1.807, 2.05) is 6.92 Å². The van der Waals surface area contributed by atoms with Crippen LogP contribution in [0.2, 0.25) is 0 Å². The summed E-state index contributed by atoms with van der Waals surface area (Å²) in [5.74, 6) is -0.326. The molecule has 0 aromatic carbocycles. The molecule has 0 aromatic heterocycles. The molecule has 94 valence electrons. The van der Waals surface area contributed by atoms with Gasteiger partial charge in [-0.1, -0.05) is 0 Å². The van der Waals surface area contributed by atoms with E-state index in [0.717, 1.165) is 12.8 Å². The molecule has 0 saturated carbocycles. The molecule has 2 rings (SSSR count). The van der Waals surface area contributed by atoms with Gasteiger partial charge in [0, 0.05) is 31.6 Å². The predicted molar refractivity (Wildman–Crippen MR) is 61.4 cm³/mol. The van der Waals surface area contributed by atoms with Gasteiger partial charge in [0.2, 0.25) is 5.91 Å². The van der Waals surface area contributed by atoms with E-state index in [2.05, 4.69) is 15.8 Å².